The highest BCUT2D eigenvalue weighted by Gasteiger charge is 2.86. The molecule has 2 saturated carbocycles. The summed E-state index contributed by atoms with van der Waals surface area (Å²) in [5, 5.41) is 11.9. The molecule has 0 aromatic rings. The molecule has 6 heteroatoms. The summed E-state index contributed by atoms with van der Waals surface area (Å²) >= 11 is 0. The van der Waals surface area contributed by atoms with Gasteiger partial charge in [-0.25, -0.2) is 4.79 Å². The van der Waals surface area contributed by atoms with E-state index in [1.54, 1.807) is 19.9 Å². The number of carbonyl (C=O) groups excluding carboxylic acids is 3. The molecule has 31 heavy (non-hydrogen) atoms. The number of rotatable bonds is 0. The first kappa shape index (κ1) is 20.9. The van der Waals surface area contributed by atoms with Gasteiger partial charge in [-0.2, -0.15) is 0 Å². The maximum atomic E-state index is 13.6. The summed E-state index contributed by atoms with van der Waals surface area (Å²) in [5.74, 6) is -1.33. The Kier molecular flexibility index (Phi) is 3.60. The fourth-order valence-corrected chi connectivity index (χ4v) is 8.54. The van der Waals surface area contributed by atoms with Crippen LogP contribution in [-0.4, -0.2) is 40.1 Å². The van der Waals surface area contributed by atoms with E-state index in [1.807, 2.05) is 26.8 Å². The Morgan fingerprint density at radius 2 is 1.71 bits per heavy atom. The molecule has 0 aromatic heterocycles. The number of fused-ring (bicyclic) bond motifs is 4. The first-order chi connectivity index (χ1) is 14.1. The van der Waals surface area contributed by atoms with Crippen molar-refractivity contribution in [3.05, 3.63) is 24.3 Å². The number of allylic oxidation sites excluding steroid dienone is 2. The lowest BCUT2D eigenvalue weighted by Crippen LogP contribution is -2.78. The Bertz CT molecular complexity index is 994. The van der Waals surface area contributed by atoms with Gasteiger partial charge in [-0.3, -0.25) is 9.59 Å². The van der Waals surface area contributed by atoms with E-state index >= 15 is 0 Å². The molecular formula is C25H32O6. The van der Waals surface area contributed by atoms with Crippen LogP contribution in [0.4, 0.5) is 0 Å². The number of cyclic esters (lactones) is 1. The largest absolute Gasteiger partial charge is 0.458 e. The predicted molar refractivity (Wildman–Crippen MR) is 112 cm³/mol. The third-order valence-electron chi connectivity index (χ3n) is 10.2. The lowest BCUT2D eigenvalue weighted by atomic mass is 9.33. The van der Waals surface area contributed by atoms with E-state index in [2.05, 4.69) is 13.5 Å². The van der Waals surface area contributed by atoms with Crippen LogP contribution in [0.15, 0.2) is 24.3 Å². The molecule has 0 unspecified atom stereocenters. The number of carbonyl (C=O) groups is 3. The van der Waals surface area contributed by atoms with Gasteiger partial charge in [0, 0.05) is 5.41 Å². The second kappa shape index (κ2) is 5.33. The van der Waals surface area contributed by atoms with Gasteiger partial charge in [-0.05, 0) is 67.4 Å². The topological polar surface area (TPSA) is 89.9 Å². The molecule has 1 spiro atoms. The fraction of sp³-hybridized carbons (Fsp3) is 0.720. The van der Waals surface area contributed by atoms with Crippen LogP contribution >= 0.6 is 0 Å². The summed E-state index contributed by atoms with van der Waals surface area (Å²) in [5.41, 5.74) is -6.11. The summed E-state index contributed by atoms with van der Waals surface area (Å²) in [4.78, 5) is 39.6. The molecule has 2 aliphatic heterocycles. The number of aliphatic hydroxyl groups is 1. The van der Waals surface area contributed by atoms with E-state index < -0.39 is 50.9 Å². The number of hydrogen-bond acceptors (Lipinski definition) is 6. The van der Waals surface area contributed by atoms with Crippen LogP contribution in [0.2, 0.25) is 0 Å². The molecule has 5 aliphatic rings. The SMILES string of the molecule is C=C1[C@@]23C(=O)O[C@@H](C)[C@]2(O)C(=O)O[C@]1(C)C[C@@H]1[C@]2(C)C=CC(=O)C(C)(C)[C@@H]2CC[C@@]13C. The molecular weight excluding hydrogens is 396 g/mol. The van der Waals surface area contributed by atoms with Gasteiger partial charge in [0.2, 0.25) is 5.60 Å². The molecule has 1 N–H and O–H groups in total. The summed E-state index contributed by atoms with van der Waals surface area (Å²) in [6.45, 7) is 15.7. The van der Waals surface area contributed by atoms with Crippen molar-refractivity contribution in [1.29, 1.82) is 0 Å². The van der Waals surface area contributed by atoms with Crippen LogP contribution in [-0.2, 0) is 23.9 Å². The van der Waals surface area contributed by atoms with Crippen molar-refractivity contribution in [3.8, 4) is 0 Å². The molecule has 0 radical (unpaired) electrons. The average Bonchev–Trinajstić information content (AvgIpc) is 2.87. The van der Waals surface area contributed by atoms with Crippen LogP contribution in [0, 0.1) is 33.5 Å². The molecule has 2 bridgehead atoms. The molecule has 8 atom stereocenters. The van der Waals surface area contributed by atoms with Crippen LogP contribution in [0.3, 0.4) is 0 Å². The highest BCUT2D eigenvalue weighted by molar-refractivity contribution is 6.00. The van der Waals surface area contributed by atoms with Crippen molar-refractivity contribution in [2.45, 2.75) is 78.1 Å². The van der Waals surface area contributed by atoms with E-state index in [9.17, 15) is 19.5 Å². The van der Waals surface area contributed by atoms with Gasteiger partial charge in [-0.1, -0.05) is 40.3 Å². The zero-order valence-electron chi connectivity index (χ0n) is 19.2. The minimum atomic E-state index is -2.12. The van der Waals surface area contributed by atoms with E-state index in [1.165, 1.54) is 0 Å². The second-order valence-electron chi connectivity index (χ2n) is 11.7. The first-order valence-electron chi connectivity index (χ1n) is 11.2. The molecule has 168 valence electrons. The molecule has 5 rings (SSSR count). The molecule has 3 aliphatic carbocycles. The van der Waals surface area contributed by atoms with Crippen LogP contribution < -0.4 is 0 Å². The van der Waals surface area contributed by atoms with Gasteiger partial charge >= 0.3 is 11.9 Å². The summed E-state index contributed by atoms with van der Waals surface area (Å²) in [6, 6.07) is 0. The van der Waals surface area contributed by atoms with Crippen LogP contribution in [0.1, 0.15) is 60.8 Å². The molecule has 4 fully saturated rings. The highest BCUT2D eigenvalue weighted by Crippen LogP contribution is 2.77. The minimum Gasteiger partial charge on any atom is -0.458 e. The van der Waals surface area contributed by atoms with Gasteiger partial charge in [0.1, 0.15) is 17.1 Å². The molecule has 0 aromatic carbocycles. The van der Waals surface area contributed by atoms with E-state index in [-0.39, 0.29) is 17.6 Å². The Balaban J connectivity index is 1.81. The molecule has 6 nitrogen and oxygen atoms in total. The lowest BCUT2D eigenvalue weighted by molar-refractivity contribution is -0.263. The number of ether oxygens (including phenoxy) is 2. The first-order valence-corrected chi connectivity index (χ1v) is 11.2. The normalized spacial score (nSPS) is 54.5. The fourth-order valence-electron chi connectivity index (χ4n) is 8.54. The zero-order valence-corrected chi connectivity index (χ0v) is 19.2. The maximum Gasteiger partial charge on any atom is 0.344 e. The Labute approximate surface area is 183 Å². The van der Waals surface area contributed by atoms with Gasteiger partial charge < -0.3 is 14.6 Å². The zero-order chi connectivity index (χ0) is 23.0. The van der Waals surface area contributed by atoms with E-state index in [4.69, 9.17) is 9.47 Å². The smallest absolute Gasteiger partial charge is 0.344 e. The Morgan fingerprint density at radius 1 is 1.06 bits per heavy atom. The predicted octanol–water partition coefficient (Wildman–Crippen LogP) is 3.13. The van der Waals surface area contributed by atoms with Crippen molar-refractivity contribution in [2.75, 3.05) is 0 Å². The summed E-state index contributed by atoms with van der Waals surface area (Å²) in [6.07, 6.45) is 4.40. The lowest BCUT2D eigenvalue weighted by Gasteiger charge is -2.71. The maximum absolute atomic E-state index is 13.6. The van der Waals surface area contributed by atoms with Crippen molar-refractivity contribution < 1.29 is 29.0 Å². The third kappa shape index (κ3) is 1.83. The van der Waals surface area contributed by atoms with Crippen molar-refractivity contribution in [2.24, 2.45) is 33.5 Å². The van der Waals surface area contributed by atoms with Crippen LogP contribution in [0.25, 0.3) is 0 Å². The van der Waals surface area contributed by atoms with Gasteiger partial charge in [0.25, 0.3) is 0 Å². The van der Waals surface area contributed by atoms with E-state index in [0.717, 1.165) is 0 Å². The quantitative estimate of drug-likeness (QED) is 0.471. The van der Waals surface area contributed by atoms with Crippen LogP contribution in [0.5, 0.6) is 0 Å². The van der Waals surface area contributed by atoms with Crippen molar-refractivity contribution in [3.63, 3.8) is 0 Å². The average molecular weight is 429 g/mol. The monoisotopic (exact) mass is 428 g/mol. The second-order valence-corrected chi connectivity index (χ2v) is 11.7. The summed E-state index contributed by atoms with van der Waals surface area (Å²) in [7, 11) is 0. The number of hydrogen-bond donors (Lipinski definition) is 1. The van der Waals surface area contributed by atoms with Gasteiger partial charge in [-0.15, -0.1) is 0 Å². The standard InChI is InChI=1S/C25H32O6/c1-13-23(7)12-16-21(5)10-9-17(26)20(3,4)15(21)8-11-22(16,6)24(13)18(27)30-14(2)25(24,29)19(28)31-23/h9-10,14-16,29H,1,8,11-12H2,2-7H3/t14-,15-,16+,21+,22-,23+,24-,25-/m0/s1. The molecule has 2 heterocycles. The molecule has 2 saturated heterocycles. The summed E-state index contributed by atoms with van der Waals surface area (Å²) < 4.78 is 11.5. The Hall–Kier alpha value is -1.95. The van der Waals surface area contributed by atoms with Gasteiger partial charge in [0.05, 0.1) is 0 Å². The molecule has 0 amide bonds. The van der Waals surface area contributed by atoms with Crippen molar-refractivity contribution >= 4 is 17.7 Å². The van der Waals surface area contributed by atoms with Crippen molar-refractivity contribution in [1.82, 2.24) is 0 Å². The van der Waals surface area contributed by atoms with E-state index in [0.29, 0.717) is 24.8 Å². The Morgan fingerprint density at radius 3 is 2.35 bits per heavy atom. The number of ketones is 1. The minimum absolute atomic E-state index is 0.0707. The number of esters is 2. The van der Waals surface area contributed by atoms with Gasteiger partial charge in [0.15, 0.2) is 5.78 Å². The highest BCUT2D eigenvalue weighted by atomic mass is 16.6. The third-order valence-corrected chi connectivity index (χ3v) is 10.2.